The van der Waals surface area contributed by atoms with E-state index in [4.69, 9.17) is 0 Å². The normalized spacial score (nSPS) is 13.4. The van der Waals surface area contributed by atoms with Gasteiger partial charge in [0, 0.05) is 10.1 Å². The van der Waals surface area contributed by atoms with Gasteiger partial charge in [0.15, 0.2) is 0 Å². The van der Waals surface area contributed by atoms with Gasteiger partial charge >= 0.3 is 0 Å². The largest absolute Gasteiger partial charge is 0.318 e. The van der Waals surface area contributed by atoms with Gasteiger partial charge in [-0.15, -0.1) is 0 Å². The van der Waals surface area contributed by atoms with E-state index in [1.807, 2.05) is 22.6 Å². The molecule has 1 atom stereocenters. The highest BCUT2D eigenvalue weighted by Crippen LogP contribution is 2.21. The molecule has 0 aliphatic carbocycles. The molecule has 0 fully saturated rings. The Morgan fingerprint density at radius 2 is 2.12 bits per heavy atom. The highest BCUT2D eigenvalue weighted by Gasteiger charge is 2.20. The average Bonchev–Trinajstić information content (AvgIpc) is 2.22. The number of nitrogens with one attached hydrogen (secondary N) is 2. The lowest BCUT2D eigenvalue weighted by atomic mass is 10.3. The van der Waals surface area contributed by atoms with E-state index in [-0.39, 0.29) is 5.82 Å². The molecule has 0 aromatic heterocycles. The lowest BCUT2D eigenvalue weighted by Gasteiger charge is -2.15. The summed E-state index contributed by atoms with van der Waals surface area (Å²) in [7, 11) is -1.76. The first-order valence-electron chi connectivity index (χ1n) is 4.98. The van der Waals surface area contributed by atoms with Gasteiger partial charge in [-0.2, -0.15) is 0 Å². The van der Waals surface area contributed by atoms with E-state index in [9.17, 15) is 12.8 Å². The van der Waals surface area contributed by atoms with Gasteiger partial charge in [0.25, 0.3) is 0 Å². The molecule has 96 valence electrons. The third kappa shape index (κ3) is 4.07. The zero-order valence-electron chi connectivity index (χ0n) is 9.50. The van der Waals surface area contributed by atoms with E-state index >= 15 is 0 Å². The zero-order chi connectivity index (χ0) is 13.1. The molecule has 4 nitrogen and oxygen atoms in total. The van der Waals surface area contributed by atoms with Gasteiger partial charge < -0.3 is 5.32 Å². The van der Waals surface area contributed by atoms with Crippen LogP contribution in [0, 0.1) is 9.39 Å². The molecule has 1 rings (SSSR count). The lowest BCUT2D eigenvalue weighted by Crippen LogP contribution is -2.33. The molecule has 0 spiro atoms. The molecule has 0 aliphatic heterocycles. The van der Waals surface area contributed by atoms with Crippen LogP contribution < -0.4 is 10.0 Å². The van der Waals surface area contributed by atoms with Crippen LogP contribution in [-0.4, -0.2) is 27.3 Å². The fraction of sp³-hybridized carbons (Fsp3) is 0.400. The molecule has 1 unspecified atom stereocenters. The molecule has 0 saturated carbocycles. The molecule has 0 bridgehead atoms. The van der Waals surface area contributed by atoms with Crippen molar-refractivity contribution in [2.24, 2.45) is 0 Å². The third-order valence-corrected chi connectivity index (χ3v) is 4.83. The van der Waals surface area contributed by atoms with Gasteiger partial charge in [-0.05, 0) is 54.8 Å². The summed E-state index contributed by atoms with van der Waals surface area (Å²) in [6.07, 6.45) is 0. The molecule has 0 aliphatic rings. The van der Waals surface area contributed by atoms with Crippen LogP contribution in [0.2, 0.25) is 0 Å². The maximum Gasteiger partial charge on any atom is 0.236 e. The molecule has 17 heavy (non-hydrogen) atoms. The average molecular weight is 372 g/mol. The quantitative estimate of drug-likeness (QED) is 0.775. The van der Waals surface area contributed by atoms with Crippen molar-refractivity contribution >= 4 is 38.3 Å². The Kier molecular flexibility index (Phi) is 5.14. The van der Waals surface area contributed by atoms with Gasteiger partial charge in [-0.1, -0.05) is 0 Å². The minimum atomic E-state index is -3.45. The number of hydrogen-bond donors (Lipinski definition) is 2. The summed E-state index contributed by atoms with van der Waals surface area (Å²) in [5, 5.41) is 2.24. The molecular weight excluding hydrogens is 358 g/mol. The van der Waals surface area contributed by atoms with Gasteiger partial charge in [-0.3, -0.25) is 4.72 Å². The van der Waals surface area contributed by atoms with Crippen LogP contribution in [0.3, 0.4) is 0 Å². The van der Waals surface area contributed by atoms with Gasteiger partial charge in [0.2, 0.25) is 10.0 Å². The topological polar surface area (TPSA) is 58.2 Å². The fourth-order valence-corrected chi connectivity index (χ4v) is 3.09. The van der Waals surface area contributed by atoms with Crippen LogP contribution in [-0.2, 0) is 10.0 Å². The van der Waals surface area contributed by atoms with Crippen molar-refractivity contribution in [1.29, 1.82) is 0 Å². The van der Waals surface area contributed by atoms with Crippen LogP contribution in [0.4, 0.5) is 10.1 Å². The maximum absolute atomic E-state index is 12.9. The number of hydrogen-bond acceptors (Lipinski definition) is 3. The molecule has 1 aromatic rings. The van der Waals surface area contributed by atoms with Crippen LogP contribution >= 0.6 is 22.6 Å². The minimum absolute atomic E-state index is 0.354. The Labute approximate surface area is 114 Å². The summed E-state index contributed by atoms with van der Waals surface area (Å²) < 4.78 is 39.6. The second-order valence-corrected chi connectivity index (χ2v) is 6.90. The lowest BCUT2D eigenvalue weighted by molar-refractivity contribution is 0.583. The van der Waals surface area contributed by atoms with E-state index < -0.39 is 15.3 Å². The molecule has 2 N–H and O–H groups in total. The second kappa shape index (κ2) is 5.96. The Morgan fingerprint density at radius 3 is 2.65 bits per heavy atom. The van der Waals surface area contributed by atoms with E-state index in [2.05, 4.69) is 10.0 Å². The Bertz CT molecular complexity index is 493. The highest BCUT2D eigenvalue weighted by molar-refractivity contribution is 14.1. The number of sulfonamides is 1. The summed E-state index contributed by atoms with van der Waals surface area (Å²) in [5.74, 6) is -0.388. The van der Waals surface area contributed by atoms with Gasteiger partial charge in [0.1, 0.15) is 5.82 Å². The minimum Gasteiger partial charge on any atom is -0.318 e. The zero-order valence-corrected chi connectivity index (χ0v) is 12.5. The number of benzene rings is 1. The standard InChI is InChI=1S/C10H14FIN2O2S/c1-7(6-13-2)17(15,16)14-10-4-3-8(11)5-9(10)12/h3-5,7,13-14H,6H2,1-2H3. The SMILES string of the molecule is CNCC(C)S(=O)(=O)Nc1ccc(F)cc1I. The van der Waals surface area contributed by atoms with Crippen LogP contribution in [0.5, 0.6) is 0 Å². The van der Waals surface area contributed by atoms with Gasteiger partial charge in [0.05, 0.1) is 10.9 Å². The molecule has 7 heteroatoms. The molecule has 0 heterocycles. The Balaban J connectivity index is 2.90. The highest BCUT2D eigenvalue weighted by atomic mass is 127. The Morgan fingerprint density at radius 1 is 1.47 bits per heavy atom. The first-order valence-corrected chi connectivity index (χ1v) is 7.60. The predicted octanol–water partition coefficient (Wildman–Crippen LogP) is 1.78. The van der Waals surface area contributed by atoms with Crippen molar-refractivity contribution in [2.45, 2.75) is 12.2 Å². The smallest absolute Gasteiger partial charge is 0.236 e. The van der Waals surface area contributed by atoms with E-state index in [0.717, 1.165) is 0 Å². The van der Waals surface area contributed by atoms with Crippen molar-refractivity contribution in [3.05, 3.63) is 27.6 Å². The van der Waals surface area contributed by atoms with Crippen molar-refractivity contribution in [3.8, 4) is 0 Å². The van der Waals surface area contributed by atoms with Crippen molar-refractivity contribution in [3.63, 3.8) is 0 Å². The second-order valence-electron chi connectivity index (χ2n) is 3.64. The first-order chi connectivity index (χ1) is 7.86. The summed E-state index contributed by atoms with van der Waals surface area (Å²) in [5.41, 5.74) is 0.398. The number of rotatable bonds is 5. The van der Waals surface area contributed by atoms with Crippen LogP contribution in [0.25, 0.3) is 0 Å². The fourth-order valence-electron chi connectivity index (χ4n) is 1.22. The maximum atomic E-state index is 12.9. The summed E-state index contributed by atoms with van der Waals surface area (Å²) in [6.45, 7) is 1.96. The summed E-state index contributed by atoms with van der Waals surface area (Å²) in [4.78, 5) is 0. The van der Waals surface area contributed by atoms with Crippen molar-refractivity contribution in [2.75, 3.05) is 18.3 Å². The third-order valence-electron chi connectivity index (χ3n) is 2.20. The van der Waals surface area contributed by atoms with E-state index in [0.29, 0.717) is 15.8 Å². The molecular formula is C10H14FIN2O2S. The molecule has 0 radical (unpaired) electrons. The summed E-state index contributed by atoms with van der Waals surface area (Å²) >= 11 is 1.89. The van der Waals surface area contributed by atoms with Crippen molar-refractivity contribution in [1.82, 2.24) is 5.32 Å². The summed E-state index contributed by atoms with van der Waals surface area (Å²) in [6, 6.07) is 3.92. The molecule has 0 amide bonds. The first kappa shape index (κ1) is 14.7. The molecule has 0 saturated heterocycles. The number of halogens is 2. The Hall–Kier alpha value is -0.410. The van der Waals surface area contributed by atoms with E-state index in [1.165, 1.54) is 18.2 Å². The number of anilines is 1. The molecule has 1 aromatic carbocycles. The van der Waals surface area contributed by atoms with Crippen LogP contribution in [0.1, 0.15) is 6.92 Å². The van der Waals surface area contributed by atoms with Crippen LogP contribution in [0.15, 0.2) is 18.2 Å². The van der Waals surface area contributed by atoms with Crippen molar-refractivity contribution < 1.29 is 12.8 Å². The predicted molar refractivity (Wildman–Crippen MR) is 75.0 cm³/mol. The monoisotopic (exact) mass is 372 g/mol. The van der Waals surface area contributed by atoms with Gasteiger partial charge in [-0.25, -0.2) is 12.8 Å². The van der Waals surface area contributed by atoms with E-state index in [1.54, 1.807) is 14.0 Å².